The summed E-state index contributed by atoms with van der Waals surface area (Å²) in [4.78, 5) is 11.9. The van der Waals surface area contributed by atoms with E-state index < -0.39 is 0 Å². The first kappa shape index (κ1) is 14.1. The number of carbonyl (C=O) groups excluding carboxylic acids is 1. The van der Waals surface area contributed by atoms with Crippen LogP contribution in [0.4, 0.5) is 0 Å². The summed E-state index contributed by atoms with van der Waals surface area (Å²) in [7, 11) is 0. The molecule has 5 heteroatoms. The molecule has 1 fully saturated rings. The van der Waals surface area contributed by atoms with Crippen LogP contribution >= 0.6 is 12.4 Å². The van der Waals surface area contributed by atoms with Gasteiger partial charge in [-0.05, 0) is 44.7 Å². The maximum atomic E-state index is 11.9. The molecule has 0 spiro atoms. The molecular weight excluding hydrogens is 240 g/mol. The Bertz CT molecular complexity index is 401. The van der Waals surface area contributed by atoms with Crippen molar-refractivity contribution < 1.29 is 9.21 Å². The first-order chi connectivity index (χ1) is 7.55. The fourth-order valence-electron chi connectivity index (χ4n) is 1.92. The van der Waals surface area contributed by atoms with E-state index in [4.69, 9.17) is 10.2 Å². The predicted octanol–water partition coefficient (Wildman–Crippen LogP) is 1.87. The second-order valence-electron chi connectivity index (χ2n) is 4.76. The van der Waals surface area contributed by atoms with E-state index in [1.807, 2.05) is 13.8 Å². The van der Waals surface area contributed by atoms with Gasteiger partial charge >= 0.3 is 0 Å². The van der Waals surface area contributed by atoms with Crippen molar-refractivity contribution in [1.29, 1.82) is 0 Å². The summed E-state index contributed by atoms with van der Waals surface area (Å²) in [6.07, 6.45) is 2.29. The quantitative estimate of drug-likeness (QED) is 0.866. The van der Waals surface area contributed by atoms with Gasteiger partial charge in [-0.1, -0.05) is 0 Å². The van der Waals surface area contributed by atoms with E-state index in [1.165, 1.54) is 0 Å². The van der Waals surface area contributed by atoms with Crippen molar-refractivity contribution in [2.75, 3.05) is 6.54 Å². The lowest BCUT2D eigenvalue weighted by molar-refractivity contribution is 0.0868. The number of nitrogens with one attached hydrogen (secondary N) is 1. The van der Waals surface area contributed by atoms with Crippen LogP contribution in [-0.4, -0.2) is 18.0 Å². The molecule has 1 aliphatic carbocycles. The summed E-state index contributed by atoms with van der Waals surface area (Å²) in [6.45, 7) is 4.28. The molecule has 1 heterocycles. The van der Waals surface area contributed by atoms with Crippen LogP contribution in [0.2, 0.25) is 0 Å². The Kier molecular flexibility index (Phi) is 4.22. The highest BCUT2D eigenvalue weighted by Gasteiger charge is 2.41. The Hall–Kier alpha value is -1.00. The predicted molar refractivity (Wildman–Crippen MR) is 68.3 cm³/mol. The minimum absolute atomic E-state index is 0. The summed E-state index contributed by atoms with van der Waals surface area (Å²) in [5.41, 5.74) is 5.44. The molecule has 3 N–H and O–H groups in total. The van der Waals surface area contributed by atoms with Crippen molar-refractivity contribution in [3.63, 3.8) is 0 Å². The van der Waals surface area contributed by atoms with E-state index in [1.54, 1.807) is 12.1 Å². The number of amides is 1. The molecule has 96 valence electrons. The van der Waals surface area contributed by atoms with Crippen LogP contribution in [0.1, 0.15) is 36.1 Å². The van der Waals surface area contributed by atoms with Crippen LogP contribution < -0.4 is 11.1 Å². The Morgan fingerprint density at radius 1 is 1.59 bits per heavy atom. The number of hydrogen-bond acceptors (Lipinski definition) is 3. The van der Waals surface area contributed by atoms with E-state index in [0.29, 0.717) is 18.2 Å². The van der Waals surface area contributed by atoms with Crippen molar-refractivity contribution in [1.82, 2.24) is 5.32 Å². The van der Waals surface area contributed by atoms with Crippen molar-refractivity contribution >= 4 is 18.3 Å². The number of furan rings is 1. The Morgan fingerprint density at radius 3 is 2.65 bits per heavy atom. The van der Waals surface area contributed by atoms with E-state index in [2.05, 4.69) is 5.32 Å². The minimum atomic E-state index is -0.294. The van der Waals surface area contributed by atoms with Crippen LogP contribution in [-0.2, 0) is 0 Å². The molecule has 17 heavy (non-hydrogen) atoms. The first-order valence-electron chi connectivity index (χ1n) is 5.64. The third kappa shape index (κ3) is 3.01. The molecule has 0 aliphatic heterocycles. The topological polar surface area (TPSA) is 68.3 Å². The molecule has 0 saturated heterocycles. The largest absolute Gasteiger partial charge is 0.456 e. The van der Waals surface area contributed by atoms with Crippen LogP contribution in [0.5, 0.6) is 0 Å². The van der Waals surface area contributed by atoms with Crippen molar-refractivity contribution in [2.24, 2.45) is 11.7 Å². The lowest BCUT2D eigenvalue weighted by Crippen LogP contribution is -2.53. The summed E-state index contributed by atoms with van der Waals surface area (Å²) in [5.74, 6) is 1.44. The molecular formula is C12H19ClN2O2. The minimum Gasteiger partial charge on any atom is -0.456 e. The van der Waals surface area contributed by atoms with Gasteiger partial charge in [-0.25, -0.2) is 0 Å². The maximum Gasteiger partial charge on any atom is 0.287 e. The second-order valence-corrected chi connectivity index (χ2v) is 4.76. The van der Waals surface area contributed by atoms with Gasteiger partial charge in [-0.15, -0.1) is 12.4 Å². The molecule has 1 aromatic heterocycles. The van der Waals surface area contributed by atoms with Gasteiger partial charge in [-0.2, -0.15) is 0 Å². The molecule has 2 rings (SSSR count). The van der Waals surface area contributed by atoms with Crippen molar-refractivity contribution in [3.05, 3.63) is 23.7 Å². The fourth-order valence-corrected chi connectivity index (χ4v) is 1.92. The zero-order chi connectivity index (χ0) is 11.8. The zero-order valence-corrected chi connectivity index (χ0v) is 11.0. The number of halogens is 1. The molecule has 0 aromatic carbocycles. The van der Waals surface area contributed by atoms with Crippen molar-refractivity contribution in [2.45, 2.75) is 32.2 Å². The fraction of sp³-hybridized carbons (Fsp3) is 0.583. The van der Waals surface area contributed by atoms with Crippen LogP contribution in [0.15, 0.2) is 16.5 Å². The standard InChI is InChI=1S/C12H18N2O2.ClH/c1-8-3-6-10(16-8)11(15)14-12(2,7-13)9-4-5-9;/h3,6,9H,4-5,7,13H2,1-2H3,(H,14,15);1H. The van der Waals surface area contributed by atoms with Gasteiger partial charge in [0.05, 0.1) is 5.54 Å². The molecule has 1 saturated carbocycles. The second kappa shape index (κ2) is 5.10. The van der Waals surface area contributed by atoms with E-state index in [9.17, 15) is 4.79 Å². The third-order valence-electron chi connectivity index (χ3n) is 3.27. The Balaban J connectivity index is 0.00000144. The van der Waals surface area contributed by atoms with E-state index >= 15 is 0 Å². The van der Waals surface area contributed by atoms with Gasteiger partial charge in [0.1, 0.15) is 5.76 Å². The third-order valence-corrected chi connectivity index (χ3v) is 3.27. The van der Waals surface area contributed by atoms with Gasteiger partial charge in [0.15, 0.2) is 5.76 Å². The molecule has 1 amide bonds. The van der Waals surface area contributed by atoms with Crippen LogP contribution in [0.25, 0.3) is 0 Å². The van der Waals surface area contributed by atoms with Crippen molar-refractivity contribution in [3.8, 4) is 0 Å². The molecule has 0 radical (unpaired) electrons. The number of hydrogen-bond donors (Lipinski definition) is 2. The summed E-state index contributed by atoms with van der Waals surface area (Å²) in [5, 5.41) is 2.98. The first-order valence-corrected chi connectivity index (χ1v) is 5.64. The molecule has 0 bridgehead atoms. The SMILES string of the molecule is Cc1ccc(C(=O)NC(C)(CN)C2CC2)o1.Cl. The number of nitrogens with two attached hydrogens (primary N) is 1. The zero-order valence-electron chi connectivity index (χ0n) is 10.2. The Morgan fingerprint density at radius 2 is 2.24 bits per heavy atom. The molecule has 1 aromatic rings. The highest BCUT2D eigenvalue weighted by molar-refractivity contribution is 5.92. The highest BCUT2D eigenvalue weighted by atomic mass is 35.5. The number of aryl methyl sites for hydroxylation is 1. The molecule has 4 nitrogen and oxygen atoms in total. The summed E-state index contributed by atoms with van der Waals surface area (Å²) in [6, 6.07) is 3.47. The molecule has 1 unspecified atom stereocenters. The van der Waals surface area contributed by atoms with Gasteiger partial charge in [-0.3, -0.25) is 4.79 Å². The summed E-state index contributed by atoms with van der Waals surface area (Å²) >= 11 is 0. The molecule has 1 atom stereocenters. The van der Waals surface area contributed by atoms with E-state index in [0.717, 1.165) is 18.6 Å². The normalized spacial score (nSPS) is 18.1. The number of rotatable bonds is 4. The summed E-state index contributed by atoms with van der Waals surface area (Å²) < 4.78 is 5.28. The van der Waals surface area contributed by atoms with Gasteiger partial charge in [0.2, 0.25) is 0 Å². The van der Waals surface area contributed by atoms with Gasteiger partial charge in [0.25, 0.3) is 5.91 Å². The van der Waals surface area contributed by atoms with E-state index in [-0.39, 0.29) is 23.9 Å². The number of carbonyl (C=O) groups is 1. The maximum absolute atomic E-state index is 11.9. The lowest BCUT2D eigenvalue weighted by Gasteiger charge is -2.28. The monoisotopic (exact) mass is 258 g/mol. The average Bonchev–Trinajstić information content (AvgIpc) is 3.02. The Labute approximate surface area is 107 Å². The molecule has 1 aliphatic rings. The van der Waals surface area contributed by atoms with Gasteiger partial charge in [0, 0.05) is 6.54 Å². The smallest absolute Gasteiger partial charge is 0.287 e. The highest BCUT2D eigenvalue weighted by Crippen LogP contribution is 2.39. The average molecular weight is 259 g/mol. The lowest BCUT2D eigenvalue weighted by atomic mass is 9.96. The van der Waals surface area contributed by atoms with Crippen LogP contribution in [0, 0.1) is 12.8 Å². The van der Waals surface area contributed by atoms with Gasteiger partial charge < -0.3 is 15.5 Å². The van der Waals surface area contributed by atoms with Crippen LogP contribution in [0.3, 0.4) is 0 Å².